The Morgan fingerprint density at radius 1 is 1.50 bits per heavy atom. The largest absolute Gasteiger partial charge is 0.478 e. The van der Waals surface area contributed by atoms with Gasteiger partial charge in [0.2, 0.25) is 0 Å². The number of nitrogens with zero attached hydrogens (tertiary/aromatic N) is 1. The van der Waals surface area contributed by atoms with Gasteiger partial charge in [-0.1, -0.05) is 11.8 Å². The van der Waals surface area contributed by atoms with E-state index in [0.717, 1.165) is 16.1 Å². The fourth-order valence-corrected chi connectivity index (χ4v) is 3.18. The van der Waals surface area contributed by atoms with Crippen LogP contribution in [0.15, 0.2) is 27.9 Å². The summed E-state index contributed by atoms with van der Waals surface area (Å²) in [6.45, 7) is 1.91. The highest BCUT2D eigenvalue weighted by Crippen LogP contribution is 2.26. The van der Waals surface area contributed by atoms with Crippen LogP contribution in [-0.4, -0.2) is 16.1 Å². The first-order valence-electron chi connectivity index (χ1n) is 5.12. The van der Waals surface area contributed by atoms with Crippen LogP contribution >= 0.6 is 23.1 Å². The lowest BCUT2D eigenvalue weighted by Crippen LogP contribution is -1.98. The first-order valence-corrected chi connectivity index (χ1v) is 6.99. The van der Waals surface area contributed by atoms with E-state index in [0.29, 0.717) is 11.3 Å². The molecule has 2 aromatic rings. The minimum Gasteiger partial charge on any atom is -0.478 e. The van der Waals surface area contributed by atoms with E-state index >= 15 is 0 Å². The highest BCUT2D eigenvalue weighted by molar-refractivity contribution is 8.00. The van der Waals surface area contributed by atoms with Crippen molar-refractivity contribution in [2.24, 2.45) is 0 Å². The molecule has 94 valence electrons. The molecular formula is C12H10FNO2S2. The molecule has 0 radical (unpaired) electrons. The van der Waals surface area contributed by atoms with Gasteiger partial charge < -0.3 is 5.11 Å². The number of aryl methyl sites for hydroxylation is 1. The molecule has 0 fully saturated rings. The smallest absolute Gasteiger partial charge is 0.335 e. The third kappa shape index (κ3) is 3.30. The second kappa shape index (κ2) is 5.49. The van der Waals surface area contributed by atoms with Gasteiger partial charge in [0, 0.05) is 16.8 Å². The summed E-state index contributed by atoms with van der Waals surface area (Å²) in [4.78, 5) is 15.1. The van der Waals surface area contributed by atoms with Crippen molar-refractivity contribution in [3.05, 3.63) is 46.2 Å². The molecule has 18 heavy (non-hydrogen) atoms. The molecule has 0 saturated carbocycles. The second-order valence-corrected chi connectivity index (χ2v) is 5.78. The first kappa shape index (κ1) is 13.0. The number of hydrogen-bond donors (Lipinski definition) is 1. The zero-order chi connectivity index (χ0) is 13.1. The van der Waals surface area contributed by atoms with Crippen LogP contribution in [0.3, 0.4) is 0 Å². The number of carboxylic acid groups (broad SMARTS) is 1. The van der Waals surface area contributed by atoms with Crippen molar-refractivity contribution in [3.8, 4) is 0 Å². The number of carbonyl (C=O) groups is 1. The molecule has 1 heterocycles. The average molecular weight is 283 g/mol. The summed E-state index contributed by atoms with van der Waals surface area (Å²) in [6, 6.07) is 3.85. The molecule has 0 spiro atoms. The van der Waals surface area contributed by atoms with Gasteiger partial charge in [-0.15, -0.1) is 11.3 Å². The van der Waals surface area contributed by atoms with Gasteiger partial charge in [-0.3, -0.25) is 0 Å². The third-order valence-electron chi connectivity index (χ3n) is 2.16. The molecule has 0 aliphatic rings. The SMILES string of the molecule is Cc1csc(SCc2cc(F)cc(C(=O)O)c2)n1. The number of thioether (sulfide) groups is 1. The Hall–Kier alpha value is -1.40. The van der Waals surface area contributed by atoms with Crippen molar-refractivity contribution >= 4 is 29.1 Å². The van der Waals surface area contributed by atoms with E-state index in [9.17, 15) is 9.18 Å². The van der Waals surface area contributed by atoms with Gasteiger partial charge >= 0.3 is 5.97 Å². The van der Waals surface area contributed by atoms with Gasteiger partial charge in [-0.05, 0) is 30.7 Å². The lowest BCUT2D eigenvalue weighted by atomic mass is 10.1. The van der Waals surface area contributed by atoms with Crippen molar-refractivity contribution in [3.63, 3.8) is 0 Å². The van der Waals surface area contributed by atoms with Gasteiger partial charge in [-0.2, -0.15) is 0 Å². The standard InChI is InChI=1S/C12H10FNO2S2/c1-7-5-17-12(14-7)18-6-8-2-9(11(15)16)4-10(13)3-8/h2-5H,6H2,1H3,(H,15,16). The fraction of sp³-hybridized carbons (Fsp3) is 0.167. The molecule has 3 nitrogen and oxygen atoms in total. The zero-order valence-corrected chi connectivity index (χ0v) is 11.1. The monoisotopic (exact) mass is 283 g/mol. The maximum Gasteiger partial charge on any atom is 0.335 e. The van der Waals surface area contributed by atoms with Crippen molar-refractivity contribution in [2.75, 3.05) is 0 Å². The van der Waals surface area contributed by atoms with Gasteiger partial charge in [0.1, 0.15) is 10.2 Å². The third-order valence-corrected chi connectivity index (χ3v) is 4.37. The van der Waals surface area contributed by atoms with E-state index in [1.807, 2.05) is 12.3 Å². The normalized spacial score (nSPS) is 10.6. The van der Waals surface area contributed by atoms with Gasteiger partial charge in [0.25, 0.3) is 0 Å². The van der Waals surface area contributed by atoms with E-state index < -0.39 is 11.8 Å². The first-order chi connectivity index (χ1) is 8.54. The van der Waals surface area contributed by atoms with E-state index in [1.165, 1.54) is 35.2 Å². The number of benzene rings is 1. The topological polar surface area (TPSA) is 50.2 Å². The van der Waals surface area contributed by atoms with Crippen LogP contribution in [0.2, 0.25) is 0 Å². The molecule has 1 aromatic carbocycles. The molecule has 0 saturated heterocycles. The van der Waals surface area contributed by atoms with Crippen molar-refractivity contribution in [1.82, 2.24) is 4.98 Å². The molecule has 0 bridgehead atoms. The van der Waals surface area contributed by atoms with Crippen LogP contribution in [-0.2, 0) is 5.75 Å². The highest BCUT2D eigenvalue weighted by Gasteiger charge is 2.08. The van der Waals surface area contributed by atoms with E-state index in [4.69, 9.17) is 5.11 Å². The number of thiazole rings is 1. The summed E-state index contributed by atoms with van der Waals surface area (Å²) in [6.07, 6.45) is 0. The molecule has 0 aliphatic heterocycles. The Morgan fingerprint density at radius 2 is 2.28 bits per heavy atom. The zero-order valence-electron chi connectivity index (χ0n) is 9.51. The van der Waals surface area contributed by atoms with Crippen LogP contribution in [0.1, 0.15) is 21.6 Å². The molecule has 1 N–H and O–H groups in total. The van der Waals surface area contributed by atoms with E-state index in [2.05, 4.69) is 4.98 Å². The number of rotatable bonds is 4. The maximum absolute atomic E-state index is 13.2. The molecule has 0 aliphatic carbocycles. The minimum atomic E-state index is -1.12. The van der Waals surface area contributed by atoms with Gasteiger partial charge in [-0.25, -0.2) is 14.2 Å². The molecule has 6 heteroatoms. The molecule has 0 atom stereocenters. The van der Waals surface area contributed by atoms with Crippen LogP contribution in [0.4, 0.5) is 4.39 Å². The maximum atomic E-state index is 13.2. The predicted octanol–water partition coefficient (Wildman–Crippen LogP) is 3.58. The second-order valence-electron chi connectivity index (χ2n) is 3.70. The molecule has 2 rings (SSSR count). The Balaban J connectivity index is 2.11. The van der Waals surface area contributed by atoms with E-state index in [-0.39, 0.29) is 5.56 Å². The fourth-order valence-electron chi connectivity index (χ4n) is 1.40. The van der Waals surface area contributed by atoms with Crippen LogP contribution < -0.4 is 0 Å². The molecular weight excluding hydrogens is 273 g/mol. The average Bonchev–Trinajstić information content (AvgIpc) is 2.72. The summed E-state index contributed by atoms with van der Waals surface area (Å²) >= 11 is 3.00. The number of aromatic carboxylic acids is 1. The minimum absolute atomic E-state index is 0.0269. The number of aromatic nitrogens is 1. The van der Waals surface area contributed by atoms with Crippen LogP contribution in [0.5, 0.6) is 0 Å². The van der Waals surface area contributed by atoms with Crippen molar-refractivity contribution in [1.29, 1.82) is 0 Å². The highest BCUT2D eigenvalue weighted by atomic mass is 32.2. The number of hydrogen-bond acceptors (Lipinski definition) is 4. The molecule has 0 unspecified atom stereocenters. The number of halogens is 1. The summed E-state index contributed by atoms with van der Waals surface area (Å²) in [7, 11) is 0. The Morgan fingerprint density at radius 3 is 2.89 bits per heavy atom. The molecule has 1 aromatic heterocycles. The summed E-state index contributed by atoms with van der Waals surface area (Å²) < 4.78 is 14.1. The van der Waals surface area contributed by atoms with Crippen molar-refractivity contribution in [2.45, 2.75) is 17.0 Å². The number of carboxylic acids is 1. The lowest BCUT2D eigenvalue weighted by molar-refractivity contribution is 0.0696. The Labute approximate surface area is 112 Å². The predicted molar refractivity (Wildman–Crippen MR) is 69.8 cm³/mol. The summed E-state index contributed by atoms with van der Waals surface area (Å²) in [5.74, 6) is -1.14. The van der Waals surface area contributed by atoms with Gasteiger partial charge in [0.05, 0.1) is 5.56 Å². The Kier molecular flexibility index (Phi) is 3.98. The van der Waals surface area contributed by atoms with Crippen molar-refractivity contribution < 1.29 is 14.3 Å². The summed E-state index contributed by atoms with van der Waals surface area (Å²) in [5.41, 5.74) is 1.57. The lowest BCUT2D eigenvalue weighted by Gasteiger charge is -2.02. The molecule has 0 amide bonds. The quantitative estimate of drug-likeness (QED) is 0.871. The summed E-state index contributed by atoms with van der Waals surface area (Å²) in [5, 5.41) is 10.8. The van der Waals surface area contributed by atoms with Crippen LogP contribution in [0, 0.1) is 12.7 Å². The van der Waals surface area contributed by atoms with Crippen LogP contribution in [0.25, 0.3) is 0 Å². The Bertz CT molecular complexity index is 583. The van der Waals surface area contributed by atoms with Gasteiger partial charge in [0.15, 0.2) is 0 Å². The van der Waals surface area contributed by atoms with E-state index in [1.54, 1.807) is 0 Å².